The van der Waals surface area contributed by atoms with E-state index in [0.29, 0.717) is 6.07 Å². The predicted octanol–water partition coefficient (Wildman–Crippen LogP) is 0.937. The third-order valence-electron chi connectivity index (χ3n) is 2.12. The van der Waals surface area contributed by atoms with E-state index < -0.39 is 39.9 Å². The molecule has 7 nitrogen and oxygen atoms in total. The van der Waals surface area contributed by atoms with Crippen LogP contribution in [0.3, 0.4) is 0 Å². The van der Waals surface area contributed by atoms with Gasteiger partial charge in [-0.1, -0.05) is 0 Å². The molecule has 1 amide bonds. The van der Waals surface area contributed by atoms with Crippen LogP contribution in [0.1, 0.15) is 17.3 Å². The number of carboxylic acid groups (broad SMARTS) is 1. The van der Waals surface area contributed by atoms with Crippen molar-refractivity contribution in [3.63, 3.8) is 0 Å². The second-order valence-electron chi connectivity index (χ2n) is 3.45. The maximum Gasteiger partial charge on any atom is 0.325 e. The Morgan fingerprint density at radius 3 is 2.61 bits per heavy atom. The Kier molecular flexibility index (Phi) is 3.93. The standard InChI is InChI=1S/C10H9FN2O5/c1-5(10(15)16)12-9(14)7-4-6(11)2-3-8(7)13(17)18/h2-5H,1H3,(H,12,14)(H,15,16)/t5-/m1/s1. The van der Waals surface area contributed by atoms with Gasteiger partial charge in [0, 0.05) is 6.07 Å². The highest BCUT2D eigenvalue weighted by atomic mass is 19.1. The van der Waals surface area contributed by atoms with Crippen molar-refractivity contribution in [1.82, 2.24) is 5.32 Å². The minimum atomic E-state index is -1.30. The molecule has 8 heteroatoms. The molecular formula is C10H9FN2O5. The Balaban J connectivity index is 3.08. The van der Waals surface area contributed by atoms with Crippen molar-refractivity contribution >= 4 is 17.6 Å². The van der Waals surface area contributed by atoms with E-state index in [-0.39, 0.29) is 0 Å². The average Bonchev–Trinajstić information content (AvgIpc) is 2.28. The van der Waals surface area contributed by atoms with Gasteiger partial charge in [0.2, 0.25) is 0 Å². The van der Waals surface area contributed by atoms with Crippen LogP contribution in [-0.2, 0) is 4.79 Å². The summed E-state index contributed by atoms with van der Waals surface area (Å²) in [6.45, 7) is 1.19. The van der Waals surface area contributed by atoms with Crippen LogP contribution in [0.2, 0.25) is 0 Å². The summed E-state index contributed by atoms with van der Waals surface area (Å²) in [5, 5.41) is 21.2. The van der Waals surface area contributed by atoms with E-state index in [0.717, 1.165) is 12.1 Å². The summed E-state index contributed by atoms with van der Waals surface area (Å²) in [5.41, 5.74) is -1.11. The first-order valence-electron chi connectivity index (χ1n) is 4.80. The number of rotatable bonds is 4. The van der Waals surface area contributed by atoms with Crippen molar-refractivity contribution in [2.24, 2.45) is 0 Å². The number of carbonyl (C=O) groups excluding carboxylic acids is 1. The lowest BCUT2D eigenvalue weighted by atomic mass is 10.1. The number of amides is 1. The fraction of sp³-hybridized carbons (Fsp3) is 0.200. The summed E-state index contributed by atoms with van der Waals surface area (Å²) in [6, 6.07) is 1.13. The Labute approximate surface area is 100 Å². The maximum atomic E-state index is 12.9. The van der Waals surface area contributed by atoms with Crippen LogP contribution in [-0.4, -0.2) is 27.9 Å². The number of nitro groups is 1. The lowest BCUT2D eigenvalue weighted by molar-refractivity contribution is -0.385. The Hall–Kier alpha value is -2.51. The van der Waals surface area contributed by atoms with Gasteiger partial charge in [0.1, 0.15) is 17.4 Å². The van der Waals surface area contributed by atoms with E-state index in [1.807, 2.05) is 5.32 Å². The van der Waals surface area contributed by atoms with E-state index >= 15 is 0 Å². The van der Waals surface area contributed by atoms with E-state index in [2.05, 4.69) is 0 Å². The number of nitro benzene ring substituents is 1. The molecule has 0 saturated carbocycles. The Morgan fingerprint density at radius 2 is 2.11 bits per heavy atom. The van der Waals surface area contributed by atoms with Gasteiger partial charge in [-0.25, -0.2) is 4.39 Å². The molecule has 0 aliphatic heterocycles. The zero-order valence-corrected chi connectivity index (χ0v) is 9.21. The molecule has 0 aromatic heterocycles. The molecule has 1 aromatic rings. The summed E-state index contributed by atoms with van der Waals surface area (Å²) in [6.07, 6.45) is 0. The van der Waals surface area contributed by atoms with Crippen molar-refractivity contribution in [2.45, 2.75) is 13.0 Å². The third-order valence-corrected chi connectivity index (χ3v) is 2.12. The van der Waals surface area contributed by atoms with Gasteiger partial charge < -0.3 is 10.4 Å². The van der Waals surface area contributed by atoms with Crippen LogP contribution < -0.4 is 5.32 Å². The monoisotopic (exact) mass is 256 g/mol. The average molecular weight is 256 g/mol. The highest BCUT2D eigenvalue weighted by Crippen LogP contribution is 2.19. The molecule has 0 spiro atoms. The number of hydrogen-bond acceptors (Lipinski definition) is 4. The number of carbonyl (C=O) groups is 2. The van der Waals surface area contributed by atoms with Gasteiger partial charge in [-0.2, -0.15) is 0 Å². The molecule has 0 bridgehead atoms. The van der Waals surface area contributed by atoms with Gasteiger partial charge in [0.25, 0.3) is 11.6 Å². The minimum absolute atomic E-state index is 0.520. The molecule has 0 fully saturated rings. The summed E-state index contributed by atoms with van der Waals surface area (Å²) >= 11 is 0. The number of carboxylic acids is 1. The molecule has 0 heterocycles. The second kappa shape index (κ2) is 5.21. The quantitative estimate of drug-likeness (QED) is 0.615. The molecule has 1 aromatic carbocycles. The SMILES string of the molecule is C[C@@H](NC(=O)c1cc(F)ccc1[N+](=O)[O-])C(=O)O. The van der Waals surface area contributed by atoms with Crippen LogP contribution in [0.25, 0.3) is 0 Å². The van der Waals surface area contributed by atoms with Crippen molar-refractivity contribution in [1.29, 1.82) is 0 Å². The smallest absolute Gasteiger partial charge is 0.325 e. The first-order valence-corrected chi connectivity index (χ1v) is 4.80. The van der Waals surface area contributed by atoms with Gasteiger partial charge in [0.15, 0.2) is 0 Å². The fourth-order valence-electron chi connectivity index (χ4n) is 1.19. The number of halogens is 1. The molecule has 1 rings (SSSR count). The topological polar surface area (TPSA) is 110 Å². The lowest BCUT2D eigenvalue weighted by Crippen LogP contribution is -2.38. The van der Waals surface area contributed by atoms with Crippen LogP contribution >= 0.6 is 0 Å². The summed E-state index contributed by atoms with van der Waals surface area (Å²) in [7, 11) is 0. The van der Waals surface area contributed by atoms with E-state index in [1.54, 1.807) is 0 Å². The summed E-state index contributed by atoms with van der Waals surface area (Å²) in [5.74, 6) is -3.15. The van der Waals surface area contributed by atoms with Gasteiger partial charge in [0.05, 0.1) is 4.92 Å². The van der Waals surface area contributed by atoms with Crippen LogP contribution in [0.5, 0.6) is 0 Å². The second-order valence-corrected chi connectivity index (χ2v) is 3.45. The molecular weight excluding hydrogens is 247 g/mol. The van der Waals surface area contributed by atoms with Gasteiger partial charge >= 0.3 is 5.97 Å². The summed E-state index contributed by atoms with van der Waals surface area (Å²) < 4.78 is 12.9. The molecule has 96 valence electrons. The maximum absolute atomic E-state index is 12.9. The van der Waals surface area contributed by atoms with Crippen molar-refractivity contribution < 1.29 is 24.0 Å². The van der Waals surface area contributed by atoms with Gasteiger partial charge in [-0.15, -0.1) is 0 Å². The first kappa shape index (κ1) is 13.6. The van der Waals surface area contributed by atoms with Crippen molar-refractivity contribution in [3.05, 3.63) is 39.7 Å². The van der Waals surface area contributed by atoms with Gasteiger partial charge in [-0.05, 0) is 19.1 Å². The van der Waals surface area contributed by atoms with E-state index in [9.17, 15) is 24.1 Å². The largest absolute Gasteiger partial charge is 0.480 e. The molecule has 0 unspecified atom stereocenters. The molecule has 0 aliphatic rings. The Morgan fingerprint density at radius 1 is 1.50 bits per heavy atom. The number of nitrogens with zero attached hydrogens (tertiary/aromatic N) is 1. The van der Waals surface area contributed by atoms with Crippen molar-refractivity contribution in [2.75, 3.05) is 0 Å². The molecule has 0 radical (unpaired) electrons. The molecule has 0 saturated heterocycles. The van der Waals surface area contributed by atoms with E-state index in [4.69, 9.17) is 5.11 Å². The fourth-order valence-corrected chi connectivity index (χ4v) is 1.19. The first-order chi connectivity index (χ1) is 8.32. The molecule has 18 heavy (non-hydrogen) atoms. The number of benzene rings is 1. The highest BCUT2D eigenvalue weighted by Gasteiger charge is 2.23. The van der Waals surface area contributed by atoms with Crippen molar-refractivity contribution in [3.8, 4) is 0 Å². The summed E-state index contributed by atoms with van der Waals surface area (Å²) in [4.78, 5) is 31.9. The van der Waals surface area contributed by atoms with Crippen LogP contribution in [0.4, 0.5) is 10.1 Å². The molecule has 1 atom stereocenters. The van der Waals surface area contributed by atoms with Crippen LogP contribution in [0.15, 0.2) is 18.2 Å². The number of aliphatic carboxylic acids is 1. The Bertz CT molecular complexity index is 517. The van der Waals surface area contributed by atoms with Crippen LogP contribution in [0, 0.1) is 15.9 Å². The minimum Gasteiger partial charge on any atom is -0.480 e. The number of hydrogen-bond donors (Lipinski definition) is 2. The zero-order chi connectivity index (χ0) is 13.9. The van der Waals surface area contributed by atoms with E-state index in [1.165, 1.54) is 6.92 Å². The zero-order valence-electron chi connectivity index (χ0n) is 9.21. The highest BCUT2D eigenvalue weighted by molar-refractivity contribution is 5.99. The van der Waals surface area contributed by atoms with Gasteiger partial charge in [-0.3, -0.25) is 19.7 Å². The predicted molar refractivity (Wildman–Crippen MR) is 57.6 cm³/mol. The number of nitrogens with one attached hydrogen (secondary N) is 1. The molecule has 2 N–H and O–H groups in total. The lowest BCUT2D eigenvalue weighted by Gasteiger charge is -2.09. The molecule has 0 aliphatic carbocycles. The third kappa shape index (κ3) is 3.00. The normalized spacial score (nSPS) is 11.7.